The lowest BCUT2D eigenvalue weighted by Crippen LogP contribution is -2.49. The Morgan fingerprint density at radius 3 is 2.50 bits per heavy atom. The molecule has 1 saturated heterocycles. The third-order valence-corrected chi connectivity index (χ3v) is 4.25. The molecule has 0 unspecified atom stereocenters. The molecule has 142 valence electrons. The maximum Gasteiger partial charge on any atom is 0.325 e. The Balaban J connectivity index is 1.76. The van der Waals surface area contributed by atoms with E-state index >= 15 is 0 Å². The monoisotopic (exact) mass is 402 g/mol. The Morgan fingerprint density at radius 2 is 1.88 bits per heavy atom. The van der Waals surface area contributed by atoms with Gasteiger partial charge < -0.3 is 19.7 Å². The minimum Gasteiger partial charge on any atom is -0.454 e. The van der Waals surface area contributed by atoms with Gasteiger partial charge in [0.05, 0.1) is 22.8 Å². The lowest BCUT2D eigenvalue weighted by Gasteiger charge is -2.35. The van der Waals surface area contributed by atoms with Gasteiger partial charge >= 0.3 is 5.97 Å². The average Bonchev–Trinajstić information content (AvgIpc) is 2.56. The molecule has 2 atom stereocenters. The molecule has 0 aliphatic carbocycles. The van der Waals surface area contributed by atoms with Gasteiger partial charge in [0.2, 0.25) is 0 Å². The molecule has 26 heavy (non-hydrogen) atoms. The molecule has 9 heteroatoms. The Bertz CT molecular complexity index is 688. The molecule has 0 saturated carbocycles. The van der Waals surface area contributed by atoms with Crippen molar-refractivity contribution in [3.63, 3.8) is 0 Å². The van der Waals surface area contributed by atoms with Crippen LogP contribution in [-0.4, -0.2) is 61.1 Å². The predicted octanol–water partition coefficient (Wildman–Crippen LogP) is 1.90. The van der Waals surface area contributed by atoms with E-state index in [1.165, 1.54) is 18.2 Å². The molecular weight excluding hydrogens is 383 g/mol. The number of benzene rings is 1. The second-order valence-corrected chi connectivity index (χ2v) is 6.87. The minimum absolute atomic E-state index is 0.0678. The first kappa shape index (κ1) is 20.5. The summed E-state index contributed by atoms with van der Waals surface area (Å²) in [7, 11) is 0. The highest BCUT2D eigenvalue weighted by Crippen LogP contribution is 2.20. The van der Waals surface area contributed by atoms with Crippen molar-refractivity contribution >= 4 is 41.0 Å². The van der Waals surface area contributed by atoms with E-state index in [0.29, 0.717) is 18.1 Å². The number of carbonyl (C=O) groups is 3. The molecule has 0 bridgehead atoms. The van der Waals surface area contributed by atoms with Crippen LogP contribution in [0.5, 0.6) is 0 Å². The first-order chi connectivity index (χ1) is 12.3. The number of nitrogens with one attached hydrogen (secondary N) is 1. The molecular formula is C17H20Cl2N2O5. The lowest BCUT2D eigenvalue weighted by molar-refractivity contribution is -0.156. The zero-order chi connectivity index (χ0) is 19.3. The Labute approximate surface area is 161 Å². The van der Waals surface area contributed by atoms with Crippen molar-refractivity contribution in [2.24, 2.45) is 0 Å². The van der Waals surface area contributed by atoms with Crippen LogP contribution in [0.4, 0.5) is 0 Å². The van der Waals surface area contributed by atoms with Crippen molar-refractivity contribution in [1.29, 1.82) is 0 Å². The molecule has 0 radical (unpaired) electrons. The third-order valence-electron chi connectivity index (χ3n) is 3.70. The Morgan fingerprint density at radius 1 is 1.23 bits per heavy atom. The summed E-state index contributed by atoms with van der Waals surface area (Å²) in [6.45, 7) is 3.90. The molecule has 2 rings (SSSR count). The molecule has 1 aliphatic rings. The summed E-state index contributed by atoms with van der Waals surface area (Å²) in [4.78, 5) is 37.5. The van der Waals surface area contributed by atoms with E-state index < -0.39 is 11.9 Å². The molecule has 7 nitrogen and oxygen atoms in total. The van der Waals surface area contributed by atoms with Crippen molar-refractivity contribution in [2.75, 3.05) is 26.2 Å². The molecule has 1 aliphatic heterocycles. The summed E-state index contributed by atoms with van der Waals surface area (Å²) in [6.07, 6.45) is -0.136. The molecule has 1 fully saturated rings. The summed E-state index contributed by atoms with van der Waals surface area (Å²) >= 11 is 11.7. The summed E-state index contributed by atoms with van der Waals surface area (Å²) in [6, 6.07) is 4.40. The predicted molar refractivity (Wildman–Crippen MR) is 96.3 cm³/mol. The highest BCUT2D eigenvalue weighted by Gasteiger charge is 2.26. The molecule has 1 heterocycles. The van der Waals surface area contributed by atoms with Crippen LogP contribution in [-0.2, 0) is 19.1 Å². The number of halogens is 2. The standard InChI is InChI=1S/C17H20Cl2N2O5/c1-10-7-21(8-11(2)26-10)15(22)9-25-16(23)6-20-17(24)13-4-3-12(18)5-14(13)19/h3-5,10-11H,6-9H2,1-2H3,(H,20,24)/t10-,11+. The Kier molecular flexibility index (Phi) is 7.25. The zero-order valence-electron chi connectivity index (χ0n) is 14.5. The number of hydrogen-bond donors (Lipinski definition) is 1. The van der Waals surface area contributed by atoms with Gasteiger partial charge in [-0.2, -0.15) is 0 Å². The number of hydrogen-bond acceptors (Lipinski definition) is 5. The third kappa shape index (κ3) is 5.86. The van der Waals surface area contributed by atoms with Crippen molar-refractivity contribution in [1.82, 2.24) is 10.2 Å². The van der Waals surface area contributed by atoms with Crippen LogP contribution in [0.1, 0.15) is 24.2 Å². The van der Waals surface area contributed by atoms with Crippen molar-refractivity contribution in [2.45, 2.75) is 26.1 Å². The van der Waals surface area contributed by atoms with E-state index in [1.54, 1.807) is 4.90 Å². The summed E-state index contributed by atoms with van der Waals surface area (Å²) < 4.78 is 10.5. The number of rotatable bonds is 5. The first-order valence-electron chi connectivity index (χ1n) is 8.08. The summed E-state index contributed by atoms with van der Waals surface area (Å²) in [5, 5.41) is 2.96. The summed E-state index contributed by atoms with van der Waals surface area (Å²) in [5.41, 5.74) is 0.191. The van der Waals surface area contributed by atoms with E-state index in [0.717, 1.165) is 0 Å². The van der Waals surface area contributed by atoms with E-state index in [1.807, 2.05) is 13.8 Å². The lowest BCUT2D eigenvalue weighted by atomic mass is 10.2. The second kappa shape index (κ2) is 9.21. The number of esters is 1. The van der Waals surface area contributed by atoms with Gasteiger partial charge in [-0.1, -0.05) is 23.2 Å². The fourth-order valence-corrected chi connectivity index (χ4v) is 3.08. The quantitative estimate of drug-likeness (QED) is 0.760. The van der Waals surface area contributed by atoms with Gasteiger partial charge in [-0.3, -0.25) is 14.4 Å². The van der Waals surface area contributed by atoms with Crippen LogP contribution in [0.25, 0.3) is 0 Å². The highest BCUT2D eigenvalue weighted by molar-refractivity contribution is 6.36. The topological polar surface area (TPSA) is 84.9 Å². The van der Waals surface area contributed by atoms with Gasteiger partial charge in [0, 0.05) is 18.1 Å². The number of carbonyl (C=O) groups excluding carboxylic acids is 3. The molecule has 0 spiro atoms. The average molecular weight is 403 g/mol. The van der Waals surface area contributed by atoms with E-state index in [2.05, 4.69) is 5.32 Å². The van der Waals surface area contributed by atoms with Crippen LogP contribution in [0.15, 0.2) is 18.2 Å². The summed E-state index contributed by atoms with van der Waals surface area (Å²) in [5.74, 6) is -1.55. The van der Waals surface area contributed by atoms with Gasteiger partial charge in [-0.15, -0.1) is 0 Å². The van der Waals surface area contributed by atoms with Gasteiger partial charge in [-0.05, 0) is 32.0 Å². The fraction of sp³-hybridized carbons (Fsp3) is 0.471. The number of ether oxygens (including phenoxy) is 2. The number of morpholine rings is 1. The van der Waals surface area contributed by atoms with Gasteiger partial charge in [0.1, 0.15) is 6.54 Å². The minimum atomic E-state index is -0.717. The first-order valence-corrected chi connectivity index (χ1v) is 8.84. The van der Waals surface area contributed by atoms with Gasteiger partial charge in [0.25, 0.3) is 11.8 Å². The second-order valence-electron chi connectivity index (χ2n) is 6.02. The van der Waals surface area contributed by atoms with Crippen LogP contribution >= 0.6 is 23.2 Å². The number of nitrogens with zero attached hydrogens (tertiary/aromatic N) is 1. The van der Waals surface area contributed by atoms with Crippen molar-refractivity contribution < 1.29 is 23.9 Å². The normalized spacial score (nSPS) is 19.8. The molecule has 1 N–H and O–H groups in total. The molecule has 1 aromatic rings. The largest absolute Gasteiger partial charge is 0.454 e. The maximum absolute atomic E-state index is 12.1. The van der Waals surface area contributed by atoms with E-state index in [-0.39, 0.29) is 41.9 Å². The smallest absolute Gasteiger partial charge is 0.325 e. The van der Waals surface area contributed by atoms with Crippen LogP contribution in [0, 0.1) is 0 Å². The van der Waals surface area contributed by atoms with E-state index in [9.17, 15) is 14.4 Å². The molecule has 1 aromatic carbocycles. The molecule has 2 amide bonds. The van der Waals surface area contributed by atoms with Crippen LogP contribution < -0.4 is 5.32 Å². The SMILES string of the molecule is C[C@@H]1CN(C(=O)COC(=O)CNC(=O)c2ccc(Cl)cc2Cl)C[C@H](C)O1. The fourth-order valence-electron chi connectivity index (χ4n) is 2.59. The Hall–Kier alpha value is -1.83. The maximum atomic E-state index is 12.1. The highest BCUT2D eigenvalue weighted by atomic mass is 35.5. The zero-order valence-corrected chi connectivity index (χ0v) is 16.0. The van der Waals surface area contributed by atoms with Gasteiger partial charge in [0.15, 0.2) is 6.61 Å². The van der Waals surface area contributed by atoms with Crippen LogP contribution in [0.2, 0.25) is 10.0 Å². The van der Waals surface area contributed by atoms with Gasteiger partial charge in [-0.25, -0.2) is 0 Å². The van der Waals surface area contributed by atoms with E-state index in [4.69, 9.17) is 32.7 Å². The molecule has 0 aromatic heterocycles. The van der Waals surface area contributed by atoms with Crippen molar-refractivity contribution in [3.8, 4) is 0 Å². The number of amides is 2. The van der Waals surface area contributed by atoms with Crippen molar-refractivity contribution in [3.05, 3.63) is 33.8 Å². The van der Waals surface area contributed by atoms with Crippen LogP contribution in [0.3, 0.4) is 0 Å².